The predicted molar refractivity (Wildman–Crippen MR) is 53.2 cm³/mol. The van der Waals surface area contributed by atoms with E-state index in [1.54, 1.807) is 13.3 Å². The van der Waals surface area contributed by atoms with Crippen LogP contribution in [0.2, 0.25) is 0 Å². The Balaban J connectivity index is 2.33. The van der Waals surface area contributed by atoms with Gasteiger partial charge in [-0.25, -0.2) is 4.98 Å². The van der Waals surface area contributed by atoms with Crippen LogP contribution in [0.4, 0.5) is 0 Å². The molecule has 0 radical (unpaired) electrons. The summed E-state index contributed by atoms with van der Waals surface area (Å²) in [5, 5.41) is 0. The summed E-state index contributed by atoms with van der Waals surface area (Å²) in [4.78, 5) is 4.13. The van der Waals surface area contributed by atoms with Crippen LogP contribution in [-0.4, -0.2) is 12.1 Å². The molecule has 0 unspecified atom stereocenters. The van der Waals surface area contributed by atoms with E-state index in [-0.39, 0.29) is 0 Å². The molecule has 0 fully saturated rings. The van der Waals surface area contributed by atoms with Crippen molar-refractivity contribution in [2.24, 2.45) is 0 Å². The van der Waals surface area contributed by atoms with Gasteiger partial charge in [-0.05, 0) is 31.2 Å². The second-order valence-corrected chi connectivity index (χ2v) is 3.00. The fraction of sp³-hybridized carbons (Fsp3) is 0.182. The van der Waals surface area contributed by atoms with Gasteiger partial charge in [-0.3, -0.25) is 0 Å². The van der Waals surface area contributed by atoms with Crippen LogP contribution < -0.4 is 4.74 Å². The zero-order valence-corrected chi connectivity index (χ0v) is 8.15. The maximum atomic E-state index is 5.39. The first-order valence-electron chi connectivity index (χ1n) is 4.36. The van der Waals surface area contributed by atoms with Gasteiger partial charge in [-0.1, -0.05) is 0 Å². The average molecular weight is 189 g/mol. The molecule has 0 saturated heterocycles. The molecule has 0 aliphatic carbocycles. The Hall–Kier alpha value is -1.77. The highest BCUT2D eigenvalue weighted by Crippen LogP contribution is 2.21. The summed E-state index contributed by atoms with van der Waals surface area (Å²) >= 11 is 0. The van der Waals surface area contributed by atoms with E-state index in [1.807, 2.05) is 31.2 Å². The maximum Gasteiger partial charge on any atom is 0.226 e. The second-order valence-electron chi connectivity index (χ2n) is 3.00. The molecule has 1 aromatic carbocycles. The quantitative estimate of drug-likeness (QED) is 0.728. The standard InChI is InChI=1S/C11H11NO2/c1-8-7-12-11(14-8)9-3-5-10(13-2)6-4-9/h3-7H,1-2H3. The third-order valence-electron chi connectivity index (χ3n) is 1.96. The third-order valence-corrected chi connectivity index (χ3v) is 1.96. The predicted octanol–water partition coefficient (Wildman–Crippen LogP) is 2.66. The number of oxazole rings is 1. The van der Waals surface area contributed by atoms with E-state index >= 15 is 0 Å². The van der Waals surface area contributed by atoms with E-state index in [4.69, 9.17) is 9.15 Å². The number of benzene rings is 1. The topological polar surface area (TPSA) is 35.3 Å². The number of aromatic nitrogens is 1. The molecule has 0 saturated carbocycles. The van der Waals surface area contributed by atoms with Gasteiger partial charge in [0.2, 0.25) is 5.89 Å². The maximum absolute atomic E-state index is 5.39. The Morgan fingerprint density at radius 3 is 2.43 bits per heavy atom. The summed E-state index contributed by atoms with van der Waals surface area (Å²) in [6, 6.07) is 7.61. The summed E-state index contributed by atoms with van der Waals surface area (Å²) in [6.45, 7) is 1.88. The first-order valence-corrected chi connectivity index (χ1v) is 4.36. The fourth-order valence-corrected chi connectivity index (χ4v) is 1.22. The van der Waals surface area contributed by atoms with Crippen LogP contribution in [0.3, 0.4) is 0 Å². The lowest BCUT2D eigenvalue weighted by atomic mass is 10.2. The molecule has 2 rings (SSSR count). The summed E-state index contributed by atoms with van der Waals surface area (Å²) in [7, 11) is 1.64. The lowest BCUT2D eigenvalue weighted by molar-refractivity contribution is 0.415. The Morgan fingerprint density at radius 1 is 1.21 bits per heavy atom. The zero-order valence-electron chi connectivity index (χ0n) is 8.15. The molecule has 3 nitrogen and oxygen atoms in total. The highest BCUT2D eigenvalue weighted by molar-refractivity contribution is 5.54. The summed E-state index contributed by atoms with van der Waals surface area (Å²) in [5.41, 5.74) is 0.957. The van der Waals surface area contributed by atoms with Crippen molar-refractivity contribution in [1.29, 1.82) is 0 Å². The number of methoxy groups -OCH3 is 1. The summed E-state index contributed by atoms with van der Waals surface area (Å²) < 4.78 is 10.5. The highest BCUT2D eigenvalue weighted by Gasteiger charge is 2.03. The highest BCUT2D eigenvalue weighted by atomic mass is 16.5. The van der Waals surface area contributed by atoms with Gasteiger partial charge in [0.25, 0.3) is 0 Å². The van der Waals surface area contributed by atoms with E-state index in [9.17, 15) is 0 Å². The van der Waals surface area contributed by atoms with Crippen LogP contribution in [0.1, 0.15) is 5.76 Å². The molecular weight excluding hydrogens is 178 g/mol. The molecular formula is C11H11NO2. The minimum absolute atomic E-state index is 0.644. The van der Waals surface area contributed by atoms with Gasteiger partial charge in [0.15, 0.2) is 0 Å². The molecule has 0 aliphatic heterocycles. The van der Waals surface area contributed by atoms with E-state index < -0.39 is 0 Å². The molecule has 0 amide bonds. The molecule has 0 atom stereocenters. The number of hydrogen-bond acceptors (Lipinski definition) is 3. The van der Waals surface area contributed by atoms with Crippen molar-refractivity contribution >= 4 is 0 Å². The van der Waals surface area contributed by atoms with Gasteiger partial charge in [-0.2, -0.15) is 0 Å². The molecule has 0 aliphatic rings. The van der Waals surface area contributed by atoms with E-state index in [0.717, 1.165) is 17.1 Å². The monoisotopic (exact) mass is 189 g/mol. The van der Waals surface area contributed by atoms with Crippen LogP contribution in [0.25, 0.3) is 11.5 Å². The molecule has 2 aromatic rings. The molecule has 0 N–H and O–H groups in total. The average Bonchev–Trinajstić information content (AvgIpc) is 2.65. The number of hydrogen-bond donors (Lipinski definition) is 0. The van der Waals surface area contributed by atoms with Crippen molar-refractivity contribution in [1.82, 2.24) is 4.98 Å². The molecule has 1 heterocycles. The third kappa shape index (κ3) is 1.62. The minimum Gasteiger partial charge on any atom is -0.497 e. The number of aryl methyl sites for hydroxylation is 1. The molecule has 72 valence electrons. The normalized spacial score (nSPS) is 10.1. The van der Waals surface area contributed by atoms with Crippen LogP contribution in [0.15, 0.2) is 34.9 Å². The summed E-state index contributed by atoms with van der Waals surface area (Å²) in [6.07, 6.45) is 1.71. The van der Waals surface area contributed by atoms with Gasteiger partial charge in [0.1, 0.15) is 11.5 Å². The first kappa shape index (κ1) is 8.81. The van der Waals surface area contributed by atoms with Crippen molar-refractivity contribution in [3.63, 3.8) is 0 Å². The number of rotatable bonds is 2. The van der Waals surface area contributed by atoms with E-state index in [2.05, 4.69) is 4.98 Å². The summed E-state index contributed by atoms with van der Waals surface area (Å²) in [5.74, 6) is 2.29. The Morgan fingerprint density at radius 2 is 1.93 bits per heavy atom. The molecule has 0 spiro atoms. The van der Waals surface area contributed by atoms with Gasteiger partial charge < -0.3 is 9.15 Å². The Labute approximate surface area is 82.3 Å². The number of nitrogens with zero attached hydrogens (tertiary/aromatic N) is 1. The van der Waals surface area contributed by atoms with Crippen molar-refractivity contribution in [3.05, 3.63) is 36.2 Å². The number of ether oxygens (including phenoxy) is 1. The largest absolute Gasteiger partial charge is 0.497 e. The van der Waals surface area contributed by atoms with Crippen molar-refractivity contribution < 1.29 is 9.15 Å². The second kappa shape index (κ2) is 3.54. The molecule has 14 heavy (non-hydrogen) atoms. The zero-order chi connectivity index (χ0) is 9.97. The van der Waals surface area contributed by atoms with E-state index in [0.29, 0.717) is 5.89 Å². The lowest BCUT2D eigenvalue weighted by Gasteiger charge is -1.99. The van der Waals surface area contributed by atoms with Crippen LogP contribution in [0, 0.1) is 6.92 Å². The fourth-order valence-electron chi connectivity index (χ4n) is 1.22. The van der Waals surface area contributed by atoms with Crippen LogP contribution in [-0.2, 0) is 0 Å². The van der Waals surface area contributed by atoms with Gasteiger partial charge in [-0.15, -0.1) is 0 Å². The van der Waals surface area contributed by atoms with E-state index in [1.165, 1.54) is 0 Å². The first-order chi connectivity index (χ1) is 6.79. The molecule has 1 aromatic heterocycles. The smallest absolute Gasteiger partial charge is 0.226 e. The lowest BCUT2D eigenvalue weighted by Crippen LogP contribution is -1.82. The van der Waals surface area contributed by atoms with Crippen molar-refractivity contribution in [2.75, 3.05) is 7.11 Å². The Kier molecular flexibility index (Phi) is 2.23. The van der Waals surface area contributed by atoms with Gasteiger partial charge in [0, 0.05) is 5.56 Å². The van der Waals surface area contributed by atoms with Crippen molar-refractivity contribution in [3.8, 4) is 17.2 Å². The molecule has 3 heteroatoms. The molecule has 0 bridgehead atoms. The Bertz CT molecular complexity index is 417. The minimum atomic E-state index is 0.644. The van der Waals surface area contributed by atoms with Crippen molar-refractivity contribution in [2.45, 2.75) is 6.92 Å². The van der Waals surface area contributed by atoms with Crippen LogP contribution >= 0.6 is 0 Å². The SMILES string of the molecule is COc1ccc(-c2ncc(C)o2)cc1. The van der Waals surface area contributed by atoms with Gasteiger partial charge >= 0.3 is 0 Å². The van der Waals surface area contributed by atoms with Gasteiger partial charge in [0.05, 0.1) is 13.3 Å². The van der Waals surface area contributed by atoms with Crippen LogP contribution in [0.5, 0.6) is 5.75 Å².